The van der Waals surface area contributed by atoms with Gasteiger partial charge in [0.2, 0.25) is 0 Å². The molecule has 0 unspecified atom stereocenters. The molecule has 0 aliphatic rings. The van der Waals surface area contributed by atoms with E-state index in [1.807, 2.05) is 0 Å². The van der Waals surface area contributed by atoms with Crippen molar-refractivity contribution in [2.45, 2.75) is 26.2 Å². The van der Waals surface area contributed by atoms with Gasteiger partial charge in [-0.15, -0.1) is 24.0 Å². The Morgan fingerprint density at radius 1 is 1.44 bits per heavy atom. The molecular formula is C6H13Cl2N. The van der Waals surface area contributed by atoms with Crippen molar-refractivity contribution < 1.29 is 0 Å². The van der Waals surface area contributed by atoms with Gasteiger partial charge in [-0.2, -0.15) is 0 Å². The van der Waals surface area contributed by atoms with Gasteiger partial charge < -0.3 is 5.41 Å². The van der Waals surface area contributed by atoms with Gasteiger partial charge in [-0.1, -0.05) is 13.3 Å². The summed E-state index contributed by atoms with van der Waals surface area (Å²) in [6, 6.07) is 0. The van der Waals surface area contributed by atoms with Gasteiger partial charge in [0.1, 0.15) is 0 Å². The Kier molecular flexibility index (Phi) is 11.0. The molecule has 0 saturated heterocycles. The van der Waals surface area contributed by atoms with Crippen LogP contribution in [0.3, 0.4) is 0 Å². The molecule has 0 aromatic carbocycles. The van der Waals surface area contributed by atoms with Crippen LogP contribution in [-0.2, 0) is 0 Å². The molecule has 3 heteroatoms. The van der Waals surface area contributed by atoms with E-state index in [1.54, 1.807) is 0 Å². The molecule has 0 aliphatic heterocycles. The molecule has 0 amide bonds. The summed E-state index contributed by atoms with van der Waals surface area (Å²) >= 11 is 5.39. The van der Waals surface area contributed by atoms with Gasteiger partial charge in [0.15, 0.2) is 0 Å². The van der Waals surface area contributed by atoms with Crippen LogP contribution in [-0.4, -0.2) is 11.6 Å². The van der Waals surface area contributed by atoms with E-state index in [9.17, 15) is 0 Å². The Morgan fingerprint density at radius 3 is 2.33 bits per heavy atom. The first-order valence-corrected chi connectivity index (χ1v) is 3.47. The van der Waals surface area contributed by atoms with Crippen LogP contribution in [0.4, 0.5) is 0 Å². The van der Waals surface area contributed by atoms with Gasteiger partial charge in [0.25, 0.3) is 0 Å². The second-order valence-electron chi connectivity index (χ2n) is 1.79. The molecule has 0 aromatic heterocycles. The molecule has 56 valence electrons. The highest BCUT2D eigenvalue weighted by molar-refractivity contribution is 6.19. The Hall–Kier alpha value is 0.250. The summed E-state index contributed by atoms with van der Waals surface area (Å²) in [7, 11) is 0. The first-order valence-electron chi connectivity index (χ1n) is 2.93. The molecule has 0 bridgehead atoms. The summed E-state index contributed by atoms with van der Waals surface area (Å²) in [6.45, 7) is 2.07. The monoisotopic (exact) mass is 169 g/mol. The fourth-order valence-electron chi connectivity index (χ4n) is 0.541. The van der Waals surface area contributed by atoms with Crippen LogP contribution in [0, 0.1) is 5.41 Å². The molecule has 0 aromatic rings. The summed E-state index contributed by atoms with van der Waals surface area (Å²) in [5.74, 6) is 0.596. The lowest BCUT2D eigenvalue weighted by Gasteiger charge is -1.94. The maximum absolute atomic E-state index is 7.20. The zero-order valence-electron chi connectivity index (χ0n) is 5.61. The van der Waals surface area contributed by atoms with E-state index in [0.29, 0.717) is 5.88 Å². The van der Waals surface area contributed by atoms with E-state index in [4.69, 9.17) is 17.0 Å². The van der Waals surface area contributed by atoms with Crippen LogP contribution >= 0.6 is 24.0 Å². The maximum Gasteiger partial charge on any atom is 0.0275 e. The van der Waals surface area contributed by atoms with Crippen LogP contribution in [0.25, 0.3) is 0 Å². The second kappa shape index (κ2) is 8.25. The van der Waals surface area contributed by atoms with Gasteiger partial charge in [-0.05, 0) is 12.8 Å². The zero-order chi connectivity index (χ0) is 6.41. The number of hydrogen-bond donors (Lipinski definition) is 1. The number of rotatable bonds is 4. The molecule has 1 nitrogen and oxygen atoms in total. The minimum atomic E-state index is 0. The molecule has 0 fully saturated rings. The van der Waals surface area contributed by atoms with E-state index in [1.165, 1.54) is 0 Å². The van der Waals surface area contributed by atoms with Gasteiger partial charge in [0, 0.05) is 11.6 Å². The molecule has 0 saturated carbocycles. The third-order valence-electron chi connectivity index (χ3n) is 0.948. The van der Waals surface area contributed by atoms with Crippen molar-refractivity contribution >= 4 is 29.7 Å². The largest absolute Gasteiger partial charge is 0.310 e. The lowest BCUT2D eigenvalue weighted by Crippen LogP contribution is -1.94. The molecule has 0 atom stereocenters. The Bertz CT molecular complexity index is 65.5. The first-order chi connectivity index (χ1) is 3.81. The van der Waals surface area contributed by atoms with Crippen molar-refractivity contribution in [3.05, 3.63) is 0 Å². The zero-order valence-corrected chi connectivity index (χ0v) is 7.19. The average Bonchev–Trinajstić information content (AvgIpc) is 1.68. The van der Waals surface area contributed by atoms with Gasteiger partial charge >= 0.3 is 0 Å². The lowest BCUT2D eigenvalue weighted by molar-refractivity contribution is 0.960. The molecule has 0 heterocycles. The number of hydrogen-bond acceptors (Lipinski definition) is 1. The van der Waals surface area contributed by atoms with Crippen LogP contribution in [0.2, 0.25) is 0 Å². The summed E-state index contributed by atoms with van der Waals surface area (Å²) in [4.78, 5) is 0. The van der Waals surface area contributed by atoms with Crippen molar-refractivity contribution in [2.75, 3.05) is 5.88 Å². The van der Waals surface area contributed by atoms with E-state index in [-0.39, 0.29) is 12.4 Å². The molecule has 0 spiro atoms. The number of nitrogens with one attached hydrogen (secondary N) is 1. The summed E-state index contributed by atoms with van der Waals surface area (Å²) < 4.78 is 0. The Morgan fingerprint density at radius 2 is 2.00 bits per heavy atom. The summed E-state index contributed by atoms with van der Waals surface area (Å²) in [6.07, 6.45) is 2.73. The Labute approximate surface area is 67.7 Å². The maximum atomic E-state index is 7.20. The first kappa shape index (κ1) is 12.0. The van der Waals surface area contributed by atoms with E-state index in [0.717, 1.165) is 25.0 Å². The fraction of sp³-hybridized carbons (Fsp3) is 0.833. The van der Waals surface area contributed by atoms with Crippen molar-refractivity contribution in [3.63, 3.8) is 0 Å². The predicted octanol–water partition coefficient (Wildman–Crippen LogP) is 2.86. The van der Waals surface area contributed by atoms with Crippen LogP contribution < -0.4 is 0 Å². The summed E-state index contributed by atoms with van der Waals surface area (Å²) in [5.41, 5.74) is 0.780. The predicted molar refractivity (Wildman–Crippen MR) is 45.2 cm³/mol. The molecule has 0 radical (unpaired) electrons. The lowest BCUT2D eigenvalue weighted by atomic mass is 10.2. The fourth-order valence-corrected chi connectivity index (χ4v) is 0.769. The van der Waals surface area contributed by atoms with E-state index in [2.05, 4.69) is 6.92 Å². The standard InChI is InChI=1S/C6H12ClN.ClH/c1-2-3-6(8)4-5-7;/h8H,2-5H2,1H3;1H. The molecule has 1 N–H and O–H groups in total. The normalized spacial score (nSPS) is 8.22. The van der Waals surface area contributed by atoms with Crippen LogP contribution in [0.5, 0.6) is 0 Å². The highest BCUT2D eigenvalue weighted by atomic mass is 35.5. The highest BCUT2D eigenvalue weighted by Gasteiger charge is 1.91. The average molecular weight is 170 g/mol. The molecule has 0 rings (SSSR count). The number of halogens is 2. The number of alkyl halides is 1. The quantitative estimate of drug-likeness (QED) is 0.495. The van der Waals surface area contributed by atoms with E-state index < -0.39 is 0 Å². The van der Waals surface area contributed by atoms with E-state index >= 15 is 0 Å². The molecular weight excluding hydrogens is 157 g/mol. The van der Waals surface area contributed by atoms with Gasteiger partial charge in [-0.3, -0.25) is 0 Å². The van der Waals surface area contributed by atoms with Crippen LogP contribution in [0.1, 0.15) is 26.2 Å². The van der Waals surface area contributed by atoms with Gasteiger partial charge in [0.05, 0.1) is 0 Å². The second-order valence-corrected chi connectivity index (χ2v) is 2.17. The SMILES string of the molecule is CCCC(=N)CCCl.Cl. The highest BCUT2D eigenvalue weighted by Crippen LogP contribution is 1.95. The smallest absolute Gasteiger partial charge is 0.0275 e. The third kappa shape index (κ3) is 8.25. The van der Waals surface area contributed by atoms with Crippen molar-refractivity contribution in [1.29, 1.82) is 5.41 Å². The van der Waals surface area contributed by atoms with Crippen molar-refractivity contribution in [3.8, 4) is 0 Å². The third-order valence-corrected chi connectivity index (χ3v) is 1.14. The van der Waals surface area contributed by atoms with Crippen molar-refractivity contribution in [2.24, 2.45) is 0 Å². The minimum Gasteiger partial charge on any atom is -0.310 e. The topological polar surface area (TPSA) is 23.9 Å². The molecule has 0 aliphatic carbocycles. The minimum absolute atomic E-state index is 0. The van der Waals surface area contributed by atoms with Gasteiger partial charge in [-0.25, -0.2) is 0 Å². The Balaban J connectivity index is 0. The summed E-state index contributed by atoms with van der Waals surface area (Å²) in [5, 5.41) is 7.20. The van der Waals surface area contributed by atoms with Crippen LogP contribution in [0.15, 0.2) is 0 Å². The van der Waals surface area contributed by atoms with Crippen molar-refractivity contribution in [1.82, 2.24) is 0 Å². The molecule has 9 heavy (non-hydrogen) atoms.